The topological polar surface area (TPSA) is 65.2 Å². The summed E-state index contributed by atoms with van der Waals surface area (Å²) in [7, 11) is 0. The Bertz CT molecular complexity index is 1080. The summed E-state index contributed by atoms with van der Waals surface area (Å²) in [5, 5.41) is 4.11. The summed E-state index contributed by atoms with van der Waals surface area (Å²) >= 11 is 0. The first-order valence-electron chi connectivity index (χ1n) is 10.8. The zero-order valence-electron chi connectivity index (χ0n) is 17.9. The molecule has 0 spiro atoms. The molecule has 0 aliphatic heterocycles. The smallest absolute Gasteiger partial charge is 0.255 e. The molecule has 30 heavy (non-hydrogen) atoms. The molecule has 0 saturated carbocycles. The second-order valence-electron chi connectivity index (χ2n) is 8.20. The van der Waals surface area contributed by atoms with E-state index in [4.69, 9.17) is 0 Å². The third-order valence-corrected chi connectivity index (χ3v) is 6.14. The second kappa shape index (κ2) is 8.34. The first kappa shape index (κ1) is 20.2. The molecule has 5 heteroatoms. The van der Waals surface area contributed by atoms with Crippen molar-refractivity contribution in [3.63, 3.8) is 0 Å². The molecule has 1 aliphatic carbocycles. The van der Waals surface area contributed by atoms with Crippen LogP contribution in [0.15, 0.2) is 42.5 Å². The minimum atomic E-state index is -0.140. The highest BCUT2D eigenvalue weighted by Gasteiger charge is 2.20. The Hall–Kier alpha value is -3.08. The van der Waals surface area contributed by atoms with Crippen molar-refractivity contribution in [2.45, 2.75) is 40.0 Å². The fraction of sp³-hybridized carbons (Fsp3) is 0.360. The van der Waals surface area contributed by atoms with Crippen LogP contribution >= 0.6 is 0 Å². The van der Waals surface area contributed by atoms with E-state index < -0.39 is 0 Å². The summed E-state index contributed by atoms with van der Waals surface area (Å²) in [5.74, 6) is 0.542. The second-order valence-corrected chi connectivity index (χ2v) is 8.20. The Kier molecular flexibility index (Phi) is 5.62. The van der Waals surface area contributed by atoms with Crippen molar-refractivity contribution in [1.29, 1.82) is 0 Å². The van der Waals surface area contributed by atoms with E-state index >= 15 is 0 Å². The van der Waals surface area contributed by atoms with Gasteiger partial charge in [-0.15, -0.1) is 0 Å². The number of benzene rings is 2. The van der Waals surface area contributed by atoms with Gasteiger partial charge in [0.2, 0.25) is 0 Å². The number of carbonyl (C=O) groups is 2. The summed E-state index contributed by atoms with van der Waals surface area (Å²) in [5.41, 5.74) is 5.73. The number of rotatable bonds is 5. The molecule has 1 unspecified atom stereocenters. The number of H-pyrrole nitrogens is 1. The number of anilines is 1. The van der Waals surface area contributed by atoms with Crippen LogP contribution in [0.4, 0.5) is 5.69 Å². The zero-order chi connectivity index (χ0) is 21.3. The molecule has 1 heterocycles. The molecule has 0 saturated heterocycles. The minimum absolute atomic E-state index is 0.00906. The van der Waals surface area contributed by atoms with E-state index in [9.17, 15) is 9.59 Å². The Morgan fingerprint density at radius 2 is 1.77 bits per heavy atom. The Morgan fingerprint density at radius 3 is 2.47 bits per heavy atom. The highest BCUT2D eigenvalue weighted by molar-refractivity contribution is 6.07. The van der Waals surface area contributed by atoms with Gasteiger partial charge in [-0.1, -0.05) is 6.92 Å². The summed E-state index contributed by atoms with van der Waals surface area (Å²) in [6.07, 6.45) is 3.34. The average Bonchev–Trinajstić information content (AvgIpc) is 3.12. The predicted octanol–water partition coefficient (Wildman–Crippen LogP) is 5.03. The average molecular weight is 404 g/mol. The molecular formula is C25H29N3O2. The van der Waals surface area contributed by atoms with Crippen LogP contribution in [-0.4, -0.2) is 34.8 Å². The maximum absolute atomic E-state index is 12.8. The molecule has 2 amide bonds. The number of nitrogens with one attached hydrogen (secondary N) is 2. The quantitative estimate of drug-likeness (QED) is 0.628. The lowest BCUT2D eigenvalue weighted by molar-refractivity contribution is 0.0773. The van der Waals surface area contributed by atoms with Crippen LogP contribution < -0.4 is 5.32 Å². The lowest BCUT2D eigenvalue weighted by Gasteiger charge is -2.18. The van der Waals surface area contributed by atoms with Crippen LogP contribution in [0.3, 0.4) is 0 Å². The molecule has 0 bridgehead atoms. The van der Waals surface area contributed by atoms with Gasteiger partial charge < -0.3 is 15.2 Å². The molecule has 5 nitrogen and oxygen atoms in total. The number of aromatic amines is 1. The maximum atomic E-state index is 12.8. The summed E-state index contributed by atoms with van der Waals surface area (Å²) in [6, 6.07) is 13.0. The van der Waals surface area contributed by atoms with Crippen LogP contribution in [0.25, 0.3) is 10.9 Å². The van der Waals surface area contributed by atoms with E-state index in [-0.39, 0.29) is 11.8 Å². The highest BCUT2D eigenvalue weighted by atomic mass is 16.2. The number of nitrogens with zero attached hydrogens (tertiary/aromatic N) is 1. The van der Waals surface area contributed by atoms with E-state index in [1.54, 1.807) is 29.2 Å². The SMILES string of the molecule is CCN(CC)C(=O)c1ccc(NC(=O)c2ccc3[nH]c4c(c3c2)CC(C)CC4)cc1. The van der Waals surface area contributed by atoms with Gasteiger partial charge in [0.25, 0.3) is 11.8 Å². The molecule has 1 aliphatic rings. The maximum Gasteiger partial charge on any atom is 0.255 e. The van der Waals surface area contributed by atoms with Crippen LogP contribution in [0, 0.1) is 5.92 Å². The molecule has 4 rings (SSSR count). The van der Waals surface area contributed by atoms with Gasteiger partial charge in [-0.3, -0.25) is 9.59 Å². The van der Waals surface area contributed by atoms with Crippen molar-refractivity contribution in [2.24, 2.45) is 5.92 Å². The monoisotopic (exact) mass is 403 g/mol. The first-order chi connectivity index (χ1) is 14.5. The van der Waals surface area contributed by atoms with Crippen molar-refractivity contribution in [2.75, 3.05) is 18.4 Å². The Balaban J connectivity index is 1.52. The van der Waals surface area contributed by atoms with Gasteiger partial charge in [0.15, 0.2) is 0 Å². The predicted molar refractivity (Wildman–Crippen MR) is 121 cm³/mol. The van der Waals surface area contributed by atoms with Crippen molar-refractivity contribution in [1.82, 2.24) is 9.88 Å². The van der Waals surface area contributed by atoms with Gasteiger partial charge in [0, 0.05) is 46.5 Å². The number of aryl methyl sites for hydroxylation is 1. The molecule has 2 aromatic carbocycles. The van der Waals surface area contributed by atoms with E-state index in [0.29, 0.717) is 35.8 Å². The molecule has 156 valence electrons. The van der Waals surface area contributed by atoms with Crippen molar-refractivity contribution in [3.8, 4) is 0 Å². The third-order valence-electron chi connectivity index (χ3n) is 6.14. The molecule has 1 atom stereocenters. The van der Waals surface area contributed by atoms with E-state index in [2.05, 4.69) is 17.2 Å². The fourth-order valence-electron chi connectivity index (χ4n) is 4.33. The third kappa shape index (κ3) is 3.84. The van der Waals surface area contributed by atoms with Gasteiger partial charge in [0.1, 0.15) is 0 Å². The number of hydrogen-bond acceptors (Lipinski definition) is 2. The highest BCUT2D eigenvalue weighted by Crippen LogP contribution is 2.32. The molecule has 3 aromatic rings. The van der Waals surface area contributed by atoms with Crippen molar-refractivity contribution >= 4 is 28.4 Å². The molecular weight excluding hydrogens is 374 g/mol. The number of carbonyl (C=O) groups excluding carboxylic acids is 2. The largest absolute Gasteiger partial charge is 0.358 e. The van der Waals surface area contributed by atoms with Gasteiger partial charge >= 0.3 is 0 Å². The molecule has 2 N–H and O–H groups in total. The van der Waals surface area contributed by atoms with Crippen LogP contribution in [0.1, 0.15) is 59.2 Å². The van der Waals surface area contributed by atoms with Gasteiger partial charge in [-0.05, 0) is 87.1 Å². The number of amides is 2. The Labute approximate surface area is 177 Å². The first-order valence-corrected chi connectivity index (χ1v) is 10.8. The number of hydrogen-bond donors (Lipinski definition) is 2. The van der Waals surface area contributed by atoms with Gasteiger partial charge in [0.05, 0.1) is 0 Å². The molecule has 0 radical (unpaired) electrons. The Morgan fingerprint density at radius 1 is 1.07 bits per heavy atom. The fourth-order valence-corrected chi connectivity index (χ4v) is 4.33. The number of aromatic nitrogens is 1. The van der Waals surface area contributed by atoms with Crippen molar-refractivity contribution in [3.05, 3.63) is 64.8 Å². The summed E-state index contributed by atoms with van der Waals surface area (Å²) < 4.78 is 0. The van der Waals surface area contributed by atoms with Crippen molar-refractivity contribution < 1.29 is 9.59 Å². The van der Waals surface area contributed by atoms with Gasteiger partial charge in [-0.25, -0.2) is 0 Å². The van der Waals surface area contributed by atoms with E-state index in [1.807, 2.05) is 32.0 Å². The van der Waals surface area contributed by atoms with E-state index in [0.717, 1.165) is 23.7 Å². The lowest BCUT2D eigenvalue weighted by Crippen LogP contribution is -2.30. The lowest BCUT2D eigenvalue weighted by atomic mass is 9.87. The molecule has 0 fully saturated rings. The molecule has 1 aromatic heterocycles. The standard InChI is InChI=1S/C25H29N3O2/c1-4-28(5-2)25(30)17-7-10-19(11-8-17)26-24(29)18-9-13-23-21(15-18)20-14-16(3)6-12-22(20)27-23/h7-11,13,15-16,27H,4-6,12,14H2,1-3H3,(H,26,29). The minimum Gasteiger partial charge on any atom is -0.358 e. The zero-order valence-corrected chi connectivity index (χ0v) is 17.9. The van der Waals surface area contributed by atoms with E-state index in [1.165, 1.54) is 17.7 Å². The van der Waals surface area contributed by atoms with Gasteiger partial charge in [-0.2, -0.15) is 0 Å². The van der Waals surface area contributed by atoms with Crippen LogP contribution in [0.2, 0.25) is 0 Å². The van der Waals surface area contributed by atoms with Crippen LogP contribution in [0.5, 0.6) is 0 Å². The summed E-state index contributed by atoms with van der Waals surface area (Å²) in [6.45, 7) is 7.58. The normalized spacial score (nSPS) is 15.6. The number of fused-ring (bicyclic) bond motifs is 3. The van der Waals surface area contributed by atoms with Crippen LogP contribution in [-0.2, 0) is 12.8 Å². The summed E-state index contributed by atoms with van der Waals surface area (Å²) in [4.78, 5) is 30.6.